The summed E-state index contributed by atoms with van der Waals surface area (Å²) in [6, 6.07) is 17.3. The molecule has 0 aliphatic heterocycles. The predicted octanol–water partition coefficient (Wildman–Crippen LogP) is 4.15. The molecule has 0 aromatic heterocycles. The Morgan fingerprint density at radius 3 is 2.41 bits per heavy atom. The lowest BCUT2D eigenvalue weighted by Gasteiger charge is -2.26. The van der Waals surface area contributed by atoms with Crippen molar-refractivity contribution in [2.24, 2.45) is 0 Å². The molecule has 140 valence electrons. The van der Waals surface area contributed by atoms with Crippen molar-refractivity contribution in [2.75, 3.05) is 0 Å². The van der Waals surface area contributed by atoms with Crippen LogP contribution in [-0.4, -0.2) is 24.2 Å². The Balaban J connectivity index is 1.51. The zero-order valence-electron chi connectivity index (χ0n) is 14.6. The van der Waals surface area contributed by atoms with E-state index in [1.165, 1.54) is 6.08 Å². The summed E-state index contributed by atoms with van der Waals surface area (Å²) >= 11 is 0. The van der Waals surface area contributed by atoms with Crippen LogP contribution in [0.25, 0.3) is 0 Å². The highest BCUT2D eigenvalue weighted by Crippen LogP contribution is 2.24. The second-order valence-electron chi connectivity index (χ2n) is 6.22. The molecular formula is C21H20FNO4. The van der Waals surface area contributed by atoms with Gasteiger partial charge in [0.1, 0.15) is 12.4 Å². The van der Waals surface area contributed by atoms with Crippen LogP contribution < -0.4 is 5.32 Å². The number of rotatable bonds is 5. The number of alkyl carbamates (subject to hydrolysis) is 1. The molecule has 2 aromatic rings. The molecule has 27 heavy (non-hydrogen) atoms. The number of hydrogen-bond acceptors (Lipinski definition) is 4. The molecule has 1 aliphatic rings. The molecule has 0 heterocycles. The zero-order valence-corrected chi connectivity index (χ0v) is 14.6. The molecule has 0 bridgehead atoms. The first-order valence-electron chi connectivity index (χ1n) is 8.70. The van der Waals surface area contributed by atoms with Crippen LogP contribution >= 0.6 is 0 Å². The summed E-state index contributed by atoms with van der Waals surface area (Å²) in [5.74, 6) is -1.11. The minimum absolute atomic E-state index is 0.149. The third-order valence-electron chi connectivity index (χ3n) is 4.20. The van der Waals surface area contributed by atoms with Gasteiger partial charge < -0.3 is 14.8 Å². The molecule has 2 aromatic carbocycles. The number of esters is 1. The van der Waals surface area contributed by atoms with Crippen molar-refractivity contribution in [3.05, 3.63) is 83.7 Å². The summed E-state index contributed by atoms with van der Waals surface area (Å²) in [5.41, 5.74) is 1.22. The Hall–Kier alpha value is -3.15. The monoisotopic (exact) mass is 369 g/mol. The molecule has 0 fully saturated rings. The standard InChI is InChI=1S/C21H20FNO4/c22-18-12-11-17(23-21(25)26-14-15-7-3-1-4-8-15)13-19(18)27-20(24)16-9-5-2-6-10-16/h1-10,12,17,19H,11,13-14H2,(H,23,25). The summed E-state index contributed by atoms with van der Waals surface area (Å²) in [7, 11) is 0. The number of amides is 1. The highest BCUT2D eigenvalue weighted by molar-refractivity contribution is 5.89. The first-order chi connectivity index (χ1) is 13.1. The van der Waals surface area contributed by atoms with Gasteiger partial charge in [0, 0.05) is 12.5 Å². The Bertz CT molecular complexity index is 807. The van der Waals surface area contributed by atoms with Crippen molar-refractivity contribution in [1.29, 1.82) is 0 Å². The molecule has 0 spiro atoms. The van der Waals surface area contributed by atoms with E-state index in [2.05, 4.69) is 5.32 Å². The van der Waals surface area contributed by atoms with E-state index >= 15 is 0 Å². The molecule has 3 rings (SSSR count). The molecular weight excluding hydrogens is 349 g/mol. The lowest BCUT2D eigenvalue weighted by molar-refractivity contribution is 0.0274. The number of hydrogen-bond donors (Lipinski definition) is 1. The summed E-state index contributed by atoms with van der Waals surface area (Å²) in [5, 5.41) is 2.69. The van der Waals surface area contributed by atoms with Crippen LogP contribution in [0.3, 0.4) is 0 Å². The van der Waals surface area contributed by atoms with Gasteiger partial charge in [-0.15, -0.1) is 0 Å². The van der Waals surface area contributed by atoms with Crippen molar-refractivity contribution >= 4 is 12.1 Å². The normalized spacial score (nSPS) is 18.9. The third kappa shape index (κ3) is 5.41. The summed E-state index contributed by atoms with van der Waals surface area (Å²) in [4.78, 5) is 24.1. The van der Waals surface area contributed by atoms with Crippen LogP contribution in [0.5, 0.6) is 0 Å². The fraction of sp³-hybridized carbons (Fsp3) is 0.238. The van der Waals surface area contributed by atoms with Crippen molar-refractivity contribution in [3.8, 4) is 0 Å². The van der Waals surface area contributed by atoms with Crippen molar-refractivity contribution in [1.82, 2.24) is 5.32 Å². The lowest BCUT2D eigenvalue weighted by atomic mass is 9.98. The fourth-order valence-electron chi connectivity index (χ4n) is 2.78. The van der Waals surface area contributed by atoms with Gasteiger partial charge in [0.25, 0.3) is 0 Å². The first kappa shape index (κ1) is 18.6. The van der Waals surface area contributed by atoms with Gasteiger partial charge >= 0.3 is 12.1 Å². The minimum atomic E-state index is -1.02. The Labute approximate surface area is 156 Å². The van der Waals surface area contributed by atoms with Gasteiger partial charge in [0.05, 0.1) is 5.56 Å². The van der Waals surface area contributed by atoms with E-state index < -0.39 is 24.0 Å². The highest BCUT2D eigenvalue weighted by atomic mass is 19.1. The highest BCUT2D eigenvalue weighted by Gasteiger charge is 2.29. The van der Waals surface area contributed by atoms with Gasteiger partial charge in [0.15, 0.2) is 6.10 Å². The molecule has 2 atom stereocenters. The maximum Gasteiger partial charge on any atom is 0.407 e. The Morgan fingerprint density at radius 2 is 1.70 bits per heavy atom. The molecule has 0 saturated carbocycles. The quantitative estimate of drug-likeness (QED) is 0.804. The summed E-state index contributed by atoms with van der Waals surface area (Å²) in [6.07, 6.45) is 0.181. The zero-order chi connectivity index (χ0) is 19.1. The van der Waals surface area contributed by atoms with Gasteiger partial charge in [-0.05, 0) is 30.2 Å². The molecule has 6 heteroatoms. The fourth-order valence-corrected chi connectivity index (χ4v) is 2.78. The van der Waals surface area contributed by atoms with E-state index in [1.807, 2.05) is 30.3 Å². The second-order valence-corrected chi connectivity index (χ2v) is 6.22. The molecule has 0 radical (unpaired) electrons. The Morgan fingerprint density at radius 1 is 1.04 bits per heavy atom. The van der Waals surface area contributed by atoms with Gasteiger partial charge in [-0.3, -0.25) is 0 Å². The summed E-state index contributed by atoms with van der Waals surface area (Å²) in [6.45, 7) is 0.149. The smallest absolute Gasteiger partial charge is 0.407 e. The van der Waals surface area contributed by atoms with Crippen LogP contribution in [0.1, 0.15) is 28.8 Å². The second kappa shape index (κ2) is 8.98. The van der Waals surface area contributed by atoms with Crippen LogP contribution in [-0.2, 0) is 16.1 Å². The molecule has 5 nitrogen and oxygen atoms in total. The largest absolute Gasteiger partial charge is 0.451 e. The van der Waals surface area contributed by atoms with E-state index in [0.29, 0.717) is 12.0 Å². The van der Waals surface area contributed by atoms with Crippen LogP contribution in [0.4, 0.5) is 9.18 Å². The van der Waals surface area contributed by atoms with Crippen LogP contribution in [0, 0.1) is 0 Å². The molecule has 1 aliphatic carbocycles. The van der Waals surface area contributed by atoms with Gasteiger partial charge in [-0.1, -0.05) is 48.5 Å². The maximum absolute atomic E-state index is 14.0. The van der Waals surface area contributed by atoms with Crippen LogP contribution in [0.2, 0.25) is 0 Å². The number of carbonyl (C=O) groups excluding carboxylic acids is 2. The van der Waals surface area contributed by atoms with Crippen molar-refractivity contribution < 1.29 is 23.5 Å². The van der Waals surface area contributed by atoms with Crippen molar-refractivity contribution in [3.63, 3.8) is 0 Å². The molecule has 1 N–H and O–H groups in total. The van der Waals surface area contributed by atoms with Gasteiger partial charge in [-0.2, -0.15) is 0 Å². The number of halogens is 1. The average Bonchev–Trinajstić information content (AvgIpc) is 2.70. The van der Waals surface area contributed by atoms with Crippen molar-refractivity contribution in [2.45, 2.75) is 31.6 Å². The van der Waals surface area contributed by atoms with E-state index in [1.54, 1.807) is 30.3 Å². The molecule has 2 unspecified atom stereocenters. The third-order valence-corrected chi connectivity index (χ3v) is 4.20. The van der Waals surface area contributed by atoms with E-state index in [0.717, 1.165) is 5.56 Å². The molecule has 1 amide bonds. The topological polar surface area (TPSA) is 64.6 Å². The van der Waals surface area contributed by atoms with Crippen LogP contribution in [0.15, 0.2) is 72.6 Å². The average molecular weight is 369 g/mol. The number of benzene rings is 2. The summed E-state index contributed by atoms with van der Waals surface area (Å²) < 4.78 is 24.5. The van der Waals surface area contributed by atoms with E-state index in [-0.39, 0.29) is 19.1 Å². The minimum Gasteiger partial charge on any atom is -0.451 e. The lowest BCUT2D eigenvalue weighted by Crippen LogP contribution is -2.40. The maximum atomic E-state index is 14.0. The predicted molar refractivity (Wildman–Crippen MR) is 97.6 cm³/mol. The van der Waals surface area contributed by atoms with E-state index in [9.17, 15) is 14.0 Å². The number of carbonyl (C=O) groups is 2. The van der Waals surface area contributed by atoms with Gasteiger partial charge in [-0.25, -0.2) is 14.0 Å². The number of nitrogens with one attached hydrogen (secondary N) is 1. The number of ether oxygens (including phenoxy) is 2. The molecule has 0 saturated heterocycles. The first-order valence-corrected chi connectivity index (χ1v) is 8.70. The van der Waals surface area contributed by atoms with Gasteiger partial charge in [0.2, 0.25) is 0 Å². The Kier molecular flexibility index (Phi) is 6.20. The van der Waals surface area contributed by atoms with E-state index in [4.69, 9.17) is 9.47 Å². The SMILES string of the molecule is O=C(NC1CC=C(F)C(OC(=O)c2ccccc2)C1)OCc1ccccc1.